The van der Waals surface area contributed by atoms with Gasteiger partial charge >= 0.3 is 0 Å². The predicted octanol–water partition coefficient (Wildman–Crippen LogP) is 3.40. The van der Waals surface area contributed by atoms with E-state index in [1.54, 1.807) is 0 Å². The first-order chi connectivity index (χ1) is 9.22. The van der Waals surface area contributed by atoms with Crippen LogP contribution in [0.1, 0.15) is 50.9 Å². The highest BCUT2D eigenvalue weighted by atomic mass is 16.3. The van der Waals surface area contributed by atoms with Gasteiger partial charge in [0.2, 0.25) is 0 Å². The molecular formula is C16H28N2O. The first kappa shape index (κ1) is 14.6. The van der Waals surface area contributed by atoms with Crippen molar-refractivity contribution in [3.05, 3.63) is 23.7 Å². The molecule has 0 aliphatic heterocycles. The average molecular weight is 264 g/mol. The van der Waals surface area contributed by atoms with Crippen LogP contribution in [0.2, 0.25) is 0 Å². The summed E-state index contributed by atoms with van der Waals surface area (Å²) in [6, 6.07) is 2.85. The zero-order valence-corrected chi connectivity index (χ0v) is 12.6. The van der Waals surface area contributed by atoms with E-state index in [-0.39, 0.29) is 0 Å². The molecule has 3 heteroatoms. The van der Waals surface area contributed by atoms with E-state index in [1.807, 2.05) is 6.26 Å². The molecule has 1 N–H and O–H groups in total. The smallest absolute Gasteiger partial charge is 0.122 e. The van der Waals surface area contributed by atoms with Crippen LogP contribution in [-0.2, 0) is 13.1 Å². The molecule has 1 aliphatic carbocycles. The summed E-state index contributed by atoms with van der Waals surface area (Å²) in [5.74, 6) is 1.92. The van der Waals surface area contributed by atoms with Crippen molar-refractivity contribution in [2.24, 2.45) is 5.92 Å². The molecule has 1 saturated carbocycles. The van der Waals surface area contributed by atoms with Gasteiger partial charge in [-0.05, 0) is 38.4 Å². The van der Waals surface area contributed by atoms with Crippen molar-refractivity contribution in [1.82, 2.24) is 10.2 Å². The van der Waals surface area contributed by atoms with E-state index in [4.69, 9.17) is 4.42 Å². The molecule has 0 spiro atoms. The summed E-state index contributed by atoms with van der Waals surface area (Å²) in [6.07, 6.45) is 7.33. The lowest BCUT2D eigenvalue weighted by molar-refractivity contribution is 0.132. The van der Waals surface area contributed by atoms with Crippen LogP contribution < -0.4 is 5.32 Å². The molecule has 1 aromatic rings. The van der Waals surface area contributed by atoms with E-state index in [0.29, 0.717) is 0 Å². The highest BCUT2D eigenvalue weighted by Crippen LogP contribution is 2.28. The predicted molar refractivity (Wildman–Crippen MR) is 79.0 cm³/mol. The van der Waals surface area contributed by atoms with Gasteiger partial charge in [-0.1, -0.05) is 26.7 Å². The van der Waals surface area contributed by atoms with Crippen molar-refractivity contribution in [1.29, 1.82) is 0 Å². The molecule has 2 rings (SSSR count). The molecule has 2 unspecified atom stereocenters. The Hall–Kier alpha value is -0.800. The van der Waals surface area contributed by atoms with Gasteiger partial charge in [0.25, 0.3) is 0 Å². The molecule has 0 radical (unpaired) electrons. The number of furan rings is 1. The highest BCUT2D eigenvalue weighted by molar-refractivity contribution is 5.17. The van der Waals surface area contributed by atoms with E-state index < -0.39 is 0 Å². The van der Waals surface area contributed by atoms with Gasteiger partial charge in [0, 0.05) is 18.2 Å². The molecule has 0 aromatic carbocycles. The molecule has 1 fully saturated rings. The van der Waals surface area contributed by atoms with Gasteiger partial charge in [-0.3, -0.25) is 4.90 Å². The standard InChI is InChI=1S/C16H28N2O/c1-4-17-11-16-14(9-10-19-16)12-18(3)15-8-6-5-7-13(15)2/h9-10,13,15,17H,4-8,11-12H2,1-3H3. The third-order valence-electron chi connectivity index (χ3n) is 4.43. The second kappa shape index (κ2) is 7.11. The first-order valence-corrected chi connectivity index (χ1v) is 7.68. The van der Waals surface area contributed by atoms with Gasteiger partial charge < -0.3 is 9.73 Å². The minimum Gasteiger partial charge on any atom is -0.468 e. The Balaban J connectivity index is 1.94. The lowest BCUT2D eigenvalue weighted by Crippen LogP contribution is -2.38. The van der Waals surface area contributed by atoms with Crippen molar-refractivity contribution >= 4 is 0 Å². The van der Waals surface area contributed by atoms with E-state index in [1.165, 1.54) is 31.2 Å². The third-order valence-corrected chi connectivity index (χ3v) is 4.43. The van der Waals surface area contributed by atoms with Crippen LogP contribution in [0.15, 0.2) is 16.7 Å². The Morgan fingerprint density at radius 3 is 2.89 bits per heavy atom. The van der Waals surface area contributed by atoms with Gasteiger partial charge in [-0.15, -0.1) is 0 Å². The number of nitrogens with one attached hydrogen (secondary N) is 1. The van der Waals surface area contributed by atoms with Crippen molar-refractivity contribution in [3.63, 3.8) is 0 Å². The summed E-state index contributed by atoms with van der Waals surface area (Å²) in [6.45, 7) is 7.35. The normalized spacial score (nSPS) is 24.0. The first-order valence-electron chi connectivity index (χ1n) is 7.68. The van der Waals surface area contributed by atoms with E-state index in [9.17, 15) is 0 Å². The van der Waals surface area contributed by atoms with Gasteiger partial charge in [0.15, 0.2) is 0 Å². The minimum absolute atomic E-state index is 0.732. The number of hydrogen-bond donors (Lipinski definition) is 1. The zero-order chi connectivity index (χ0) is 13.7. The quantitative estimate of drug-likeness (QED) is 0.853. The minimum atomic E-state index is 0.732. The maximum Gasteiger partial charge on any atom is 0.122 e. The summed E-state index contributed by atoms with van der Waals surface area (Å²) >= 11 is 0. The maximum atomic E-state index is 5.59. The molecule has 1 heterocycles. The maximum absolute atomic E-state index is 5.59. The molecule has 0 bridgehead atoms. The molecule has 3 nitrogen and oxygen atoms in total. The second-order valence-electron chi connectivity index (χ2n) is 5.89. The van der Waals surface area contributed by atoms with Crippen molar-refractivity contribution in [2.75, 3.05) is 13.6 Å². The van der Waals surface area contributed by atoms with Crippen molar-refractivity contribution in [2.45, 2.75) is 58.7 Å². The topological polar surface area (TPSA) is 28.4 Å². The van der Waals surface area contributed by atoms with Crippen LogP contribution in [0.3, 0.4) is 0 Å². The van der Waals surface area contributed by atoms with Gasteiger partial charge in [0.1, 0.15) is 5.76 Å². The number of hydrogen-bond acceptors (Lipinski definition) is 3. The molecule has 108 valence electrons. The fraction of sp³-hybridized carbons (Fsp3) is 0.750. The third kappa shape index (κ3) is 3.83. The van der Waals surface area contributed by atoms with E-state index in [0.717, 1.165) is 37.4 Å². The molecule has 0 amide bonds. The highest BCUT2D eigenvalue weighted by Gasteiger charge is 2.25. The summed E-state index contributed by atoms with van der Waals surface area (Å²) in [5, 5.41) is 3.34. The lowest BCUT2D eigenvalue weighted by atomic mass is 9.85. The molecule has 1 aromatic heterocycles. The largest absolute Gasteiger partial charge is 0.468 e. The van der Waals surface area contributed by atoms with Crippen LogP contribution in [-0.4, -0.2) is 24.5 Å². The molecule has 19 heavy (non-hydrogen) atoms. The summed E-state index contributed by atoms with van der Waals surface area (Å²) in [5.41, 5.74) is 1.33. The van der Waals surface area contributed by atoms with Crippen LogP contribution in [0, 0.1) is 5.92 Å². The van der Waals surface area contributed by atoms with Crippen molar-refractivity contribution in [3.8, 4) is 0 Å². The fourth-order valence-corrected chi connectivity index (χ4v) is 3.24. The van der Waals surface area contributed by atoms with Crippen LogP contribution in [0.5, 0.6) is 0 Å². The monoisotopic (exact) mass is 264 g/mol. The SMILES string of the molecule is CCNCc1occc1CN(C)C1CCCCC1C. The Morgan fingerprint density at radius 2 is 2.16 bits per heavy atom. The Morgan fingerprint density at radius 1 is 1.37 bits per heavy atom. The summed E-state index contributed by atoms with van der Waals surface area (Å²) < 4.78 is 5.59. The Kier molecular flexibility index (Phi) is 5.46. The molecular weight excluding hydrogens is 236 g/mol. The van der Waals surface area contributed by atoms with Crippen LogP contribution >= 0.6 is 0 Å². The molecule has 2 atom stereocenters. The second-order valence-corrected chi connectivity index (χ2v) is 5.89. The molecule has 0 saturated heterocycles. The van der Waals surface area contributed by atoms with E-state index in [2.05, 4.69) is 37.2 Å². The molecule has 1 aliphatic rings. The Labute approximate surface area is 117 Å². The van der Waals surface area contributed by atoms with Gasteiger partial charge in [0.05, 0.1) is 12.8 Å². The Bertz CT molecular complexity index is 375. The van der Waals surface area contributed by atoms with Crippen LogP contribution in [0.25, 0.3) is 0 Å². The van der Waals surface area contributed by atoms with Gasteiger partial charge in [-0.25, -0.2) is 0 Å². The zero-order valence-electron chi connectivity index (χ0n) is 12.6. The van der Waals surface area contributed by atoms with Crippen molar-refractivity contribution < 1.29 is 4.42 Å². The number of rotatable bonds is 6. The average Bonchev–Trinajstić information content (AvgIpc) is 2.84. The number of nitrogens with zero attached hydrogens (tertiary/aromatic N) is 1. The van der Waals surface area contributed by atoms with Crippen LogP contribution in [0.4, 0.5) is 0 Å². The lowest BCUT2D eigenvalue weighted by Gasteiger charge is -2.36. The van der Waals surface area contributed by atoms with E-state index >= 15 is 0 Å². The fourth-order valence-electron chi connectivity index (χ4n) is 3.24. The van der Waals surface area contributed by atoms with Gasteiger partial charge in [-0.2, -0.15) is 0 Å². The summed E-state index contributed by atoms with van der Waals surface area (Å²) in [7, 11) is 2.26. The summed E-state index contributed by atoms with van der Waals surface area (Å²) in [4.78, 5) is 2.52.